The Morgan fingerprint density at radius 2 is 1.94 bits per heavy atom. The van der Waals surface area contributed by atoms with Crippen LogP contribution in [0.3, 0.4) is 0 Å². The van der Waals surface area contributed by atoms with Gasteiger partial charge in [0.05, 0.1) is 36.3 Å². The fourth-order valence-corrected chi connectivity index (χ4v) is 3.48. The van der Waals surface area contributed by atoms with E-state index in [0.717, 1.165) is 10.4 Å². The van der Waals surface area contributed by atoms with Crippen molar-refractivity contribution in [3.8, 4) is 5.88 Å². The van der Waals surface area contributed by atoms with Gasteiger partial charge in [-0.1, -0.05) is 0 Å². The van der Waals surface area contributed by atoms with Crippen molar-refractivity contribution in [2.75, 3.05) is 18.0 Å². The molecule has 2 atom stereocenters. The standard InChI is InChI=1S/C20H23FN2O7S/c1-5-29-20(25)14-6-7-17(15(21)11-14)23(31(26)27)18-8-9-19(28-4)22-16(18)10-12(2)30-13(3)24/h6-9,11-12H,5,10H2,1-4H3,(H,26,27). The molecule has 0 saturated carbocycles. The number of ether oxygens (including phenoxy) is 3. The zero-order chi connectivity index (χ0) is 23.1. The minimum atomic E-state index is -2.69. The summed E-state index contributed by atoms with van der Waals surface area (Å²) in [4.78, 5) is 27.3. The monoisotopic (exact) mass is 454 g/mol. The van der Waals surface area contributed by atoms with Crippen molar-refractivity contribution in [3.63, 3.8) is 0 Å². The molecule has 0 radical (unpaired) electrons. The summed E-state index contributed by atoms with van der Waals surface area (Å²) in [5.41, 5.74) is 0.0401. The van der Waals surface area contributed by atoms with Gasteiger partial charge < -0.3 is 14.2 Å². The quantitative estimate of drug-likeness (QED) is 0.454. The van der Waals surface area contributed by atoms with E-state index in [1.807, 2.05) is 0 Å². The van der Waals surface area contributed by atoms with Gasteiger partial charge in [-0.25, -0.2) is 22.7 Å². The van der Waals surface area contributed by atoms with Crippen LogP contribution in [-0.4, -0.2) is 45.5 Å². The number of methoxy groups -OCH3 is 1. The molecule has 2 aromatic rings. The molecule has 9 nitrogen and oxygen atoms in total. The number of rotatable bonds is 9. The minimum absolute atomic E-state index is 0.0386. The van der Waals surface area contributed by atoms with Crippen LogP contribution in [0.4, 0.5) is 15.8 Å². The Kier molecular flexibility index (Phi) is 8.46. The summed E-state index contributed by atoms with van der Waals surface area (Å²) in [5, 5.41) is 0. The molecule has 0 spiro atoms. The van der Waals surface area contributed by atoms with E-state index in [9.17, 15) is 22.7 Å². The molecular weight excluding hydrogens is 431 g/mol. The maximum atomic E-state index is 14.8. The first-order valence-electron chi connectivity index (χ1n) is 9.26. The predicted molar refractivity (Wildman–Crippen MR) is 111 cm³/mol. The van der Waals surface area contributed by atoms with Gasteiger partial charge in [-0.05, 0) is 38.1 Å². The molecule has 1 aromatic heterocycles. The second-order valence-electron chi connectivity index (χ2n) is 6.36. The van der Waals surface area contributed by atoms with E-state index in [1.165, 1.54) is 38.3 Å². The summed E-state index contributed by atoms with van der Waals surface area (Å²) in [6.45, 7) is 4.62. The minimum Gasteiger partial charge on any atom is -0.481 e. The van der Waals surface area contributed by atoms with Crippen LogP contribution >= 0.6 is 0 Å². The molecular formula is C20H23FN2O7S. The molecule has 0 aliphatic carbocycles. The molecule has 1 N–H and O–H groups in total. The molecule has 2 rings (SSSR count). The van der Waals surface area contributed by atoms with Crippen LogP contribution in [0.1, 0.15) is 36.8 Å². The van der Waals surface area contributed by atoms with Crippen molar-refractivity contribution in [2.45, 2.75) is 33.3 Å². The second kappa shape index (κ2) is 10.8. The highest BCUT2D eigenvalue weighted by Gasteiger charge is 2.25. The number of hydrogen-bond acceptors (Lipinski definition) is 7. The van der Waals surface area contributed by atoms with E-state index in [0.29, 0.717) is 0 Å². The number of pyridine rings is 1. The normalized spacial score (nSPS) is 12.6. The molecule has 168 valence electrons. The summed E-state index contributed by atoms with van der Waals surface area (Å²) in [6.07, 6.45) is -0.539. The van der Waals surface area contributed by atoms with Crippen LogP contribution < -0.4 is 9.04 Å². The van der Waals surface area contributed by atoms with Crippen molar-refractivity contribution in [1.82, 2.24) is 4.98 Å². The smallest absolute Gasteiger partial charge is 0.338 e. The van der Waals surface area contributed by atoms with Crippen molar-refractivity contribution >= 4 is 34.6 Å². The number of esters is 2. The number of halogens is 1. The third kappa shape index (κ3) is 6.22. The van der Waals surface area contributed by atoms with Crippen LogP contribution in [0.2, 0.25) is 0 Å². The largest absolute Gasteiger partial charge is 0.481 e. The molecule has 0 bridgehead atoms. The maximum absolute atomic E-state index is 14.8. The fraction of sp³-hybridized carbons (Fsp3) is 0.350. The molecule has 2 unspecified atom stereocenters. The SMILES string of the molecule is CCOC(=O)c1ccc(N(c2ccc(OC)nc2CC(C)OC(C)=O)S(=O)O)c(F)c1. The third-order valence-corrected chi connectivity index (χ3v) is 4.74. The Morgan fingerprint density at radius 3 is 2.48 bits per heavy atom. The number of aromatic nitrogens is 1. The van der Waals surface area contributed by atoms with Crippen molar-refractivity contribution in [3.05, 3.63) is 47.4 Å². The number of nitrogens with zero attached hydrogens (tertiary/aromatic N) is 2. The topological polar surface area (TPSA) is 115 Å². The molecule has 0 aliphatic heterocycles. The van der Waals surface area contributed by atoms with Gasteiger partial charge in [-0.15, -0.1) is 0 Å². The lowest BCUT2D eigenvalue weighted by atomic mass is 10.1. The zero-order valence-electron chi connectivity index (χ0n) is 17.5. The maximum Gasteiger partial charge on any atom is 0.338 e. The third-order valence-electron chi connectivity index (χ3n) is 4.03. The van der Waals surface area contributed by atoms with E-state index in [1.54, 1.807) is 13.8 Å². The molecule has 0 saturated heterocycles. The Balaban J connectivity index is 2.53. The Bertz CT molecular complexity index is 986. The van der Waals surface area contributed by atoms with Crippen molar-refractivity contribution in [1.29, 1.82) is 0 Å². The van der Waals surface area contributed by atoms with E-state index < -0.39 is 35.1 Å². The Labute approximate surface area is 181 Å². The van der Waals surface area contributed by atoms with Gasteiger partial charge in [0.15, 0.2) is 0 Å². The first-order chi connectivity index (χ1) is 14.7. The highest BCUT2D eigenvalue weighted by Crippen LogP contribution is 2.33. The van der Waals surface area contributed by atoms with Crippen molar-refractivity contribution < 1.29 is 37.0 Å². The van der Waals surface area contributed by atoms with Crippen LogP contribution in [0.25, 0.3) is 0 Å². The molecule has 1 aromatic carbocycles. The summed E-state index contributed by atoms with van der Waals surface area (Å²) in [6, 6.07) is 6.29. The molecule has 1 heterocycles. The van der Waals surface area contributed by atoms with E-state index >= 15 is 0 Å². The highest BCUT2D eigenvalue weighted by molar-refractivity contribution is 7.81. The van der Waals surface area contributed by atoms with Gasteiger partial charge in [0.25, 0.3) is 11.3 Å². The predicted octanol–water partition coefficient (Wildman–Crippen LogP) is 3.17. The lowest BCUT2D eigenvalue weighted by Crippen LogP contribution is -2.24. The van der Waals surface area contributed by atoms with Gasteiger partial charge >= 0.3 is 11.9 Å². The van der Waals surface area contributed by atoms with Crippen molar-refractivity contribution in [2.24, 2.45) is 0 Å². The second-order valence-corrected chi connectivity index (χ2v) is 7.18. The zero-order valence-corrected chi connectivity index (χ0v) is 18.3. The summed E-state index contributed by atoms with van der Waals surface area (Å²) in [5.74, 6) is -1.91. The van der Waals surface area contributed by atoms with E-state index in [4.69, 9.17) is 14.2 Å². The molecule has 31 heavy (non-hydrogen) atoms. The lowest BCUT2D eigenvalue weighted by molar-refractivity contribution is -0.145. The van der Waals surface area contributed by atoms with Gasteiger partial charge in [-0.2, -0.15) is 0 Å². The van der Waals surface area contributed by atoms with E-state index in [-0.39, 0.29) is 41.5 Å². The van der Waals surface area contributed by atoms with Crippen LogP contribution in [-0.2, 0) is 32.0 Å². The van der Waals surface area contributed by atoms with Crippen LogP contribution in [0.15, 0.2) is 30.3 Å². The van der Waals surface area contributed by atoms with Gasteiger partial charge in [-0.3, -0.25) is 9.35 Å². The number of benzene rings is 1. The first kappa shape index (κ1) is 24.2. The fourth-order valence-electron chi connectivity index (χ4n) is 2.83. The molecule has 11 heteroatoms. The summed E-state index contributed by atoms with van der Waals surface area (Å²) >= 11 is -2.69. The van der Waals surface area contributed by atoms with Crippen LogP contribution in [0.5, 0.6) is 5.88 Å². The lowest BCUT2D eigenvalue weighted by Gasteiger charge is -2.24. The number of carbonyl (C=O) groups excluding carboxylic acids is 2. The average molecular weight is 454 g/mol. The molecule has 0 aliphatic rings. The van der Waals surface area contributed by atoms with Crippen LogP contribution in [0, 0.1) is 5.82 Å². The molecule has 0 fully saturated rings. The number of anilines is 2. The van der Waals surface area contributed by atoms with Gasteiger partial charge in [0.2, 0.25) is 5.88 Å². The summed E-state index contributed by atoms with van der Waals surface area (Å²) < 4.78 is 52.8. The Hall–Kier alpha value is -3.05. The van der Waals surface area contributed by atoms with Gasteiger partial charge in [0, 0.05) is 19.4 Å². The number of carbonyl (C=O) groups is 2. The molecule has 0 amide bonds. The first-order valence-corrected chi connectivity index (χ1v) is 10.3. The number of hydrogen-bond donors (Lipinski definition) is 1. The highest BCUT2D eigenvalue weighted by atomic mass is 32.2. The summed E-state index contributed by atoms with van der Waals surface area (Å²) in [7, 11) is 1.40. The van der Waals surface area contributed by atoms with E-state index in [2.05, 4.69) is 4.98 Å². The Morgan fingerprint density at radius 1 is 1.26 bits per heavy atom. The average Bonchev–Trinajstić information content (AvgIpc) is 2.69. The van der Waals surface area contributed by atoms with Gasteiger partial charge in [0.1, 0.15) is 11.9 Å².